The summed E-state index contributed by atoms with van der Waals surface area (Å²) in [6.45, 7) is 5.10. The summed E-state index contributed by atoms with van der Waals surface area (Å²) >= 11 is 0. The first-order valence-electron chi connectivity index (χ1n) is 4.17. The Morgan fingerprint density at radius 3 is 2.50 bits per heavy atom. The summed E-state index contributed by atoms with van der Waals surface area (Å²) < 4.78 is 29.5. The number of hydrogen-bond donors (Lipinski definition) is 1. The average molecular weight is 195 g/mol. The second-order valence-corrected chi connectivity index (χ2v) is 4.34. The summed E-state index contributed by atoms with van der Waals surface area (Å²) in [7, 11) is -3.09. The van der Waals surface area contributed by atoms with Crippen LogP contribution in [0.3, 0.4) is 0 Å². The van der Waals surface area contributed by atoms with Crippen LogP contribution in [0, 0.1) is 0 Å². The molecule has 0 unspecified atom stereocenters. The molecule has 0 fully saturated rings. The van der Waals surface area contributed by atoms with Gasteiger partial charge in [0, 0.05) is 13.2 Å². The molecule has 0 saturated heterocycles. The van der Waals surface area contributed by atoms with Gasteiger partial charge in [0.1, 0.15) is 0 Å². The van der Waals surface area contributed by atoms with Gasteiger partial charge >= 0.3 is 0 Å². The lowest BCUT2D eigenvalue weighted by molar-refractivity contribution is 0.163. The van der Waals surface area contributed by atoms with Crippen molar-refractivity contribution in [1.29, 1.82) is 0 Å². The van der Waals surface area contributed by atoms with Crippen molar-refractivity contribution >= 4 is 10.0 Å². The van der Waals surface area contributed by atoms with Gasteiger partial charge in [-0.25, -0.2) is 13.1 Å². The molecule has 4 nitrogen and oxygen atoms in total. The quantitative estimate of drug-likeness (QED) is 0.596. The van der Waals surface area contributed by atoms with E-state index in [2.05, 4.69) is 4.72 Å². The predicted octanol–water partition coefficient (Wildman–Crippen LogP) is 0.352. The Balaban J connectivity index is 3.58. The summed E-state index contributed by atoms with van der Waals surface area (Å²) in [6, 6.07) is 0. The number of ether oxygens (including phenoxy) is 1. The highest BCUT2D eigenvalue weighted by atomic mass is 32.2. The van der Waals surface area contributed by atoms with E-state index in [9.17, 15) is 8.42 Å². The summed E-state index contributed by atoms with van der Waals surface area (Å²) in [4.78, 5) is 0. The molecule has 0 aromatic heterocycles. The van der Waals surface area contributed by atoms with Crippen LogP contribution in [0.25, 0.3) is 0 Å². The maximum absolute atomic E-state index is 11.1. The van der Waals surface area contributed by atoms with Crippen LogP contribution in [0.15, 0.2) is 0 Å². The summed E-state index contributed by atoms with van der Waals surface area (Å²) in [5.41, 5.74) is 0. The van der Waals surface area contributed by atoms with Crippen molar-refractivity contribution in [2.75, 3.05) is 25.5 Å². The summed E-state index contributed by atoms with van der Waals surface area (Å²) in [6.07, 6.45) is 0.813. The first-order chi connectivity index (χ1) is 5.62. The predicted molar refractivity (Wildman–Crippen MR) is 48.6 cm³/mol. The molecular formula is C7H17NO3S. The topological polar surface area (TPSA) is 55.4 Å². The lowest BCUT2D eigenvalue weighted by atomic mass is 10.5. The molecule has 0 aliphatic rings. The standard InChI is InChI=1S/C7H17NO3S/c1-3-5-8-12(9,10)7-6-11-4-2/h8H,3-7H2,1-2H3. The number of rotatable bonds is 7. The maximum atomic E-state index is 11.1. The molecule has 0 aromatic rings. The zero-order valence-electron chi connectivity index (χ0n) is 7.67. The largest absolute Gasteiger partial charge is 0.381 e. The second kappa shape index (κ2) is 6.39. The lowest BCUT2D eigenvalue weighted by Crippen LogP contribution is -2.28. The minimum Gasteiger partial charge on any atom is -0.381 e. The molecule has 0 heterocycles. The summed E-state index contributed by atoms with van der Waals surface area (Å²) in [5, 5.41) is 0. The van der Waals surface area contributed by atoms with Gasteiger partial charge in [-0.15, -0.1) is 0 Å². The maximum Gasteiger partial charge on any atom is 0.213 e. The Morgan fingerprint density at radius 2 is 2.00 bits per heavy atom. The Kier molecular flexibility index (Phi) is 6.32. The normalized spacial score (nSPS) is 11.8. The molecule has 0 spiro atoms. The second-order valence-electron chi connectivity index (χ2n) is 2.41. The van der Waals surface area contributed by atoms with Crippen LogP contribution >= 0.6 is 0 Å². The Labute approximate surface area is 74.4 Å². The average Bonchev–Trinajstić information content (AvgIpc) is 2.01. The fraction of sp³-hybridized carbons (Fsp3) is 1.00. The highest BCUT2D eigenvalue weighted by molar-refractivity contribution is 7.89. The number of hydrogen-bond acceptors (Lipinski definition) is 3. The molecule has 0 atom stereocenters. The number of nitrogens with one attached hydrogen (secondary N) is 1. The van der Waals surface area contributed by atoms with Crippen molar-refractivity contribution in [3.05, 3.63) is 0 Å². The molecule has 0 radical (unpaired) electrons. The fourth-order valence-corrected chi connectivity index (χ4v) is 1.64. The molecular weight excluding hydrogens is 178 g/mol. The van der Waals surface area contributed by atoms with Crippen molar-refractivity contribution in [2.45, 2.75) is 20.3 Å². The Hall–Kier alpha value is -0.130. The zero-order valence-corrected chi connectivity index (χ0v) is 8.49. The molecule has 12 heavy (non-hydrogen) atoms. The third-order valence-electron chi connectivity index (χ3n) is 1.27. The van der Waals surface area contributed by atoms with Gasteiger partial charge in [0.05, 0.1) is 12.4 Å². The molecule has 0 aliphatic carbocycles. The van der Waals surface area contributed by atoms with Gasteiger partial charge in [-0.1, -0.05) is 6.92 Å². The van der Waals surface area contributed by atoms with Gasteiger partial charge in [-0.2, -0.15) is 0 Å². The molecule has 1 N–H and O–H groups in total. The minimum atomic E-state index is -3.09. The van der Waals surface area contributed by atoms with Crippen LogP contribution in [0.5, 0.6) is 0 Å². The highest BCUT2D eigenvalue weighted by Crippen LogP contribution is 1.86. The third kappa shape index (κ3) is 6.57. The van der Waals surface area contributed by atoms with E-state index in [4.69, 9.17) is 4.74 Å². The highest BCUT2D eigenvalue weighted by Gasteiger charge is 2.07. The first-order valence-corrected chi connectivity index (χ1v) is 5.82. The molecule has 74 valence electrons. The Bertz CT molecular complexity index is 189. The van der Waals surface area contributed by atoms with Crippen LogP contribution < -0.4 is 4.72 Å². The van der Waals surface area contributed by atoms with Crippen molar-refractivity contribution in [3.8, 4) is 0 Å². The van der Waals surface area contributed by atoms with Crippen LogP contribution in [0.2, 0.25) is 0 Å². The van der Waals surface area contributed by atoms with E-state index < -0.39 is 10.0 Å². The van der Waals surface area contributed by atoms with Crippen molar-refractivity contribution in [1.82, 2.24) is 4.72 Å². The number of sulfonamides is 1. The third-order valence-corrected chi connectivity index (χ3v) is 2.62. The monoisotopic (exact) mass is 195 g/mol. The van der Waals surface area contributed by atoms with Gasteiger partial charge in [-0.05, 0) is 13.3 Å². The SMILES string of the molecule is CCCNS(=O)(=O)CCOCC. The molecule has 0 aliphatic heterocycles. The molecule has 0 saturated carbocycles. The van der Waals surface area contributed by atoms with Crippen molar-refractivity contribution in [3.63, 3.8) is 0 Å². The minimum absolute atomic E-state index is 0.0564. The van der Waals surface area contributed by atoms with Crippen molar-refractivity contribution in [2.24, 2.45) is 0 Å². The molecule has 5 heteroatoms. The lowest BCUT2D eigenvalue weighted by Gasteiger charge is -2.04. The van der Waals surface area contributed by atoms with E-state index in [1.807, 2.05) is 13.8 Å². The van der Waals surface area contributed by atoms with Gasteiger partial charge in [0.15, 0.2) is 0 Å². The Morgan fingerprint density at radius 1 is 1.33 bits per heavy atom. The molecule has 0 bridgehead atoms. The zero-order chi connectivity index (χ0) is 9.45. The van der Waals surface area contributed by atoms with Gasteiger partial charge in [0.25, 0.3) is 0 Å². The van der Waals surface area contributed by atoms with E-state index in [0.717, 1.165) is 6.42 Å². The fourth-order valence-electron chi connectivity index (χ4n) is 0.643. The van der Waals surface area contributed by atoms with Gasteiger partial charge in [-0.3, -0.25) is 0 Å². The van der Waals surface area contributed by atoms with E-state index in [0.29, 0.717) is 13.2 Å². The van der Waals surface area contributed by atoms with Crippen molar-refractivity contribution < 1.29 is 13.2 Å². The van der Waals surface area contributed by atoms with E-state index in [1.54, 1.807) is 0 Å². The van der Waals surface area contributed by atoms with Crippen LogP contribution in [0.1, 0.15) is 20.3 Å². The van der Waals surface area contributed by atoms with Crippen LogP contribution in [0.4, 0.5) is 0 Å². The van der Waals surface area contributed by atoms with E-state index >= 15 is 0 Å². The first kappa shape index (κ1) is 11.9. The van der Waals surface area contributed by atoms with Crippen LogP contribution in [-0.2, 0) is 14.8 Å². The molecule has 0 rings (SSSR count). The van der Waals surface area contributed by atoms with Crippen LogP contribution in [-0.4, -0.2) is 33.9 Å². The van der Waals surface area contributed by atoms with Gasteiger partial charge < -0.3 is 4.74 Å². The van der Waals surface area contributed by atoms with E-state index in [-0.39, 0.29) is 12.4 Å². The molecule has 0 amide bonds. The van der Waals surface area contributed by atoms with Gasteiger partial charge in [0.2, 0.25) is 10.0 Å². The smallest absolute Gasteiger partial charge is 0.213 e. The summed E-state index contributed by atoms with van der Waals surface area (Å²) in [5.74, 6) is 0.0564. The molecule has 0 aromatic carbocycles. The van der Waals surface area contributed by atoms with E-state index in [1.165, 1.54) is 0 Å².